The number of benzene rings is 9. The summed E-state index contributed by atoms with van der Waals surface area (Å²) in [4.78, 5) is 2.38. The molecule has 0 N–H and O–H groups in total. The molecule has 0 atom stereocenters. The van der Waals surface area contributed by atoms with Crippen molar-refractivity contribution in [3.05, 3.63) is 206 Å². The van der Waals surface area contributed by atoms with Crippen molar-refractivity contribution in [2.75, 3.05) is 4.90 Å². The Hall–Kier alpha value is -7.40. The van der Waals surface area contributed by atoms with Crippen LogP contribution in [-0.4, -0.2) is 4.57 Å². The van der Waals surface area contributed by atoms with Crippen molar-refractivity contribution >= 4 is 92.3 Å². The maximum Gasteiger partial charge on any atom is 0.143 e. The van der Waals surface area contributed by atoms with Crippen molar-refractivity contribution in [3.63, 3.8) is 0 Å². The van der Waals surface area contributed by atoms with E-state index in [0.29, 0.717) is 0 Å². The molecule has 0 spiro atoms. The molecule has 12 rings (SSSR count). The van der Waals surface area contributed by atoms with Gasteiger partial charge in [-0.05, 0) is 95.6 Å². The quantitative estimate of drug-likeness (QED) is 0.168. The van der Waals surface area contributed by atoms with Gasteiger partial charge in [0, 0.05) is 70.0 Å². The van der Waals surface area contributed by atoms with Crippen LogP contribution in [0.2, 0.25) is 0 Å². The number of para-hydroxylation sites is 4. The van der Waals surface area contributed by atoms with E-state index in [-0.39, 0.29) is 0 Å². The van der Waals surface area contributed by atoms with Crippen molar-refractivity contribution in [2.24, 2.45) is 0 Å². The molecule has 0 unspecified atom stereocenters. The third-order valence-electron chi connectivity index (χ3n) is 11.6. The minimum atomic E-state index is 0.905. The minimum absolute atomic E-state index is 0.905. The molecule has 4 heteroatoms. The van der Waals surface area contributed by atoms with Gasteiger partial charge >= 0.3 is 0 Å². The maximum atomic E-state index is 6.45. The predicted molar refractivity (Wildman–Crippen MR) is 247 cm³/mol. The second-order valence-electron chi connectivity index (χ2n) is 14.9. The number of nitrogens with zero attached hydrogens (tertiary/aromatic N) is 2. The Morgan fingerprint density at radius 1 is 0.379 bits per heavy atom. The van der Waals surface area contributed by atoms with E-state index in [1.807, 2.05) is 23.5 Å². The second-order valence-corrected chi connectivity index (χ2v) is 16.0. The molecule has 0 radical (unpaired) electrons. The number of thiophene rings is 1. The third-order valence-corrected chi connectivity index (χ3v) is 12.7. The highest BCUT2D eigenvalue weighted by Gasteiger charge is 2.19. The number of furan rings is 1. The molecule has 12 aromatic rings. The Balaban J connectivity index is 1.02. The minimum Gasteiger partial charge on any atom is -0.455 e. The molecular formula is C54H34N2OS. The van der Waals surface area contributed by atoms with Crippen molar-refractivity contribution in [3.8, 4) is 27.9 Å². The molecular weight excluding hydrogens is 725 g/mol. The van der Waals surface area contributed by atoms with E-state index in [2.05, 4.69) is 204 Å². The zero-order chi connectivity index (χ0) is 38.2. The molecule has 0 aliphatic rings. The van der Waals surface area contributed by atoms with Crippen LogP contribution in [0.15, 0.2) is 211 Å². The summed E-state index contributed by atoms with van der Waals surface area (Å²) < 4.78 is 11.5. The standard InChI is InChI=1S/C54H34N2OS/c1-5-22-49-43(16-1)44-17-2-6-23-50(44)56(49)41-15-10-14-40(34-41)55(38-29-26-35(27-30-38)42-20-11-21-47-45-18-3-7-24-51(45)57-54(42)47)39-13-9-12-36(32-39)37-28-31-53-48(33-37)46-19-4-8-25-52(46)58-53/h1-34H. The Bertz CT molecular complexity index is 3480. The average Bonchev–Trinajstić information content (AvgIpc) is 3.97. The summed E-state index contributed by atoms with van der Waals surface area (Å²) in [6.45, 7) is 0. The van der Waals surface area contributed by atoms with E-state index in [9.17, 15) is 0 Å². The smallest absolute Gasteiger partial charge is 0.143 e. The first-order valence-electron chi connectivity index (χ1n) is 19.7. The van der Waals surface area contributed by atoms with Gasteiger partial charge in [-0.3, -0.25) is 0 Å². The molecule has 0 amide bonds. The molecule has 272 valence electrons. The summed E-state index contributed by atoms with van der Waals surface area (Å²) in [7, 11) is 0. The van der Waals surface area contributed by atoms with Gasteiger partial charge in [-0.2, -0.15) is 0 Å². The van der Waals surface area contributed by atoms with Crippen molar-refractivity contribution in [1.29, 1.82) is 0 Å². The molecule has 0 aliphatic carbocycles. The van der Waals surface area contributed by atoms with Gasteiger partial charge in [-0.25, -0.2) is 0 Å². The first-order valence-corrected chi connectivity index (χ1v) is 20.5. The molecule has 3 aromatic heterocycles. The maximum absolute atomic E-state index is 6.45. The van der Waals surface area contributed by atoms with E-state index in [1.54, 1.807) is 0 Å². The van der Waals surface area contributed by atoms with Crippen LogP contribution < -0.4 is 4.90 Å². The second kappa shape index (κ2) is 13.1. The Morgan fingerprint density at radius 3 is 1.79 bits per heavy atom. The normalized spacial score (nSPS) is 11.8. The number of aromatic nitrogens is 1. The Kier molecular flexibility index (Phi) is 7.40. The zero-order valence-corrected chi connectivity index (χ0v) is 32.2. The van der Waals surface area contributed by atoms with Gasteiger partial charge < -0.3 is 13.9 Å². The number of fused-ring (bicyclic) bond motifs is 9. The molecule has 3 heterocycles. The largest absolute Gasteiger partial charge is 0.455 e. The van der Waals surface area contributed by atoms with Crippen LogP contribution >= 0.6 is 11.3 Å². The van der Waals surface area contributed by atoms with Gasteiger partial charge in [0.05, 0.1) is 11.0 Å². The molecule has 9 aromatic carbocycles. The fourth-order valence-corrected chi connectivity index (χ4v) is 10.0. The monoisotopic (exact) mass is 758 g/mol. The fourth-order valence-electron chi connectivity index (χ4n) is 8.91. The van der Waals surface area contributed by atoms with Gasteiger partial charge in [0.25, 0.3) is 0 Å². The summed E-state index contributed by atoms with van der Waals surface area (Å²) >= 11 is 1.85. The summed E-state index contributed by atoms with van der Waals surface area (Å²) in [6.07, 6.45) is 0. The molecule has 0 saturated carbocycles. The lowest BCUT2D eigenvalue weighted by molar-refractivity contribution is 0.670. The Labute approximate surface area is 338 Å². The molecule has 0 aliphatic heterocycles. The fraction of sp³-hybridized carbons (Fsp3) is 0. The van der Waals surface area contributed by atoms with E-state index in [4.69, 9.17) is 4.42 Å². The average molecular weight is 759 g/mol. The summed E-state index contributed by atoms with van der Waals surface area (Å²) in [5, 5.41) is 7.37. The van der Waals surface area contributed by atoms with Crippen molar-refractivity contribution in [2.45, 2.75) is 0 Å². The van der Waals surface area contributed by atoms with Crippen LogP contribution in [0.25, 0.3) is 91.9 Å². The van der Waals surface area contributed by atoms with E-state index >= 15 is 0 Å². The molecule has 58 heavy (non-hydrogen) atoms. The predicted octanol–water partition coefficient (Wildman–Crippen LogP) is 15.9. The Morgan fingerprint density at radius 2 is 0.983 bits per heavy atom. The van der Waals surface area contributed by atoms with Crippen LogP contribution in [-0.2, 0) is 0 Å². The van der Waals surface area contributed by atoms with Crippen LogP contribution in [0.5, 0.6) is 0 Å². The van der Waals surface area contributed by atoms with Crippen molar-refractivity contribution in [1.82, 2.24) is 4.57 Å². The van der Waals surface area contributed by atoms with Crippen LogP contribution in [0.1, 0.15) is 0 Å². The van der Waals surface area contributed by atoms with Crippen molar-refractivity contribution < 1.29 is 4.42 Å². The zero-order valence-electron chi connectivity index (χ0n) is 31.3. The lowest BCUT2D eigenvalue weighted by atomic mass is 10.0. The highest BCUT2D eigenvalue weighted by Crippen LogP contribution is 2.42. The van der Waals surface area contributed by atoms with Gasteiger partial charge in [0.2, 0.25) is 0 Å². The molecule has 3 nitrogen and oxygen atoms in total. The summed E-state index contributed by atoms with van der Waals surface area (Å²) in [6, 6.07) is 74.5. The topological polar surface area (TPSA) is 21.3 Å². The van der Waals surface area contributed by atoms with Crippen LogP contribution in [0.4, 0.5) is 17.1 Å². The van der Waals surface area contributed by atoms with Gasteiger partial charge in [-0.15, -0.1) is 11.3 Å². The summed E-state index contributed by atoms with van der Waals surface area (Å²) in [5.41, 5.74) is 13.1. The number of hydrogen-bond acceptors (Lipinski definition) is 3. The van der Waals surface area contributed by atoms with Crippen LogP contribution in [0, 0.1) is 0 Å². The summed E-state index contributed by atoms with van der Waals surface area (Å²) in [5.74, 6) is 0. The first kappa shape index (κ1) is 32.8. The molecule has 0 saturated heterocycles. The number of rotatable bonds is 6. The lowest BCUT2D eigenvalue weighted by Crippen LogP contribution is -2.10. The number of anilines is 3. The number of hydrogen-bond donors (Lipinski definition) is 0. The SMILES string of the molecule is c1cc(-c2ccc3sc4ccccc4c3c2)cc(N(c2ccc(-c3cccc4c3oc3ccccc34)cc2)c2cccc(-n3c4ccccc4c4ccccc43)c2)c1. The highest BCUT2D eigenvalue weighted by molar-refractivity contribution is 7.25. The lowest BCUT2D eigenvalue weighted by Gasteiger charge is -2.27. The van der Waals surface area contributed by atoms with Gasteiger partial charge in [0.1, 0.15) is 11.2 Å². The van der Waals surface area contributed by atoms with Crippen LogP contribution in [0.3, 0.4) is 0 Å². The first-order chi connectivity index (χ1) is 28.7. The molecule has 0 bridgehead atoms. The highest BCUT2D eigenvalue weighted by atomic mass is 32.1. The molecule has 0 fully saturated rings. The van der Waals surface area contributed by atoms with E-state index in [1.165, 1.54) is 53.1 Å². The van der Waals surface area contributed by atoms with Gasteiger partial charge in [0.15, 0.2) is 0 Å². The third kappa shape index (κ3) is 5.19. The van der Waals surface area contributed by atoms with Gasteiger partial charge in [-0.1, -0.05) is 127 Å². The van der Waals surface area contributed by atoms with E-state index < -0.39 is 0 Å². The van der Waals surface area contributed by atoms with E-state index in [0.717, 1.165) is 55.8 Å².